The summed E-state index contributed by atoms with van der Waals surface area (Å²) in [5.41, 5.74) is -1.06. The minimum absolute atomic E-state index is 0.102. The minimum Gasteiger partial charge on any atom is -0.465 e. The van der Waals surface area contributed by atoms with Gasteiger partial charge in [-0.15, -0.1) is 0 Å². The van der Waals surface area contributed by atoms with E-state index in [9.17, 15) is 9.59 Å². The lowest BCUT2D eigenvalue weighted by Crippen LogP contribution is -2.53. The van der Waals surface area contributed by atoms with Crippen LogP contribution in [0.3, 0.4) is 0 Å². The van der Waals surface area contributed by atoms with E-state index < -0.39 is 5.41 Å². The van der Waals surface area contributed by atoms with E-state index in [0.717, 1.165) is 69.6 Å². The molecule has 2 atom stereocenters. The van der Waals surface area contributed by atoms with Crippen LogP contribution in [0.4, 0.5) is 0 Å². The number of unbranched alkanes of at least 4 members (excludes halogenated alkanes) is 24. The lowest BCUT2D eigenvalue weighted by molar-refractivity contribution is -0.184. The van der Waals surface area contributed by atoms with E-state index in [0.29, 0.717) is 25.6 Å². The Morgan fingerprint density at radius 1 is 0.442 bits per heavy atom. The molecule has 0 bridgehead atoms. The number of carbonyl (C=O) groups is 2. The molecule has 0 saturated heterocycles. The van der Waals surface area contributed by atoms with Crippen molar-refractivity contribution in [2.24, 2.45) is 29.1 Å². The molecule has 2 rings (SSSR count). The minimum atomic E-state index is -1.06. The zero-order valence-electron chi connectivity index (χ0n) is 35.6. The maximum atomic E-state index is 13.8. The number of ether oxygens (including phenoxy) is 2. The van der Waals surface area contributed by atoms with Gasteiger partial charge in [-0.05, 0) is 49.4 Å². The first-order chi connectivity index (χ1) is 25.4. The van der Waals surface area contributed by atoms with Crippen LogP contribution in [0, 0.1) is 29.1 Å². The summed E-state index contributed by atoms with van der Waals surface area (Å²) in [6, 6.07) is 0. The van der Waals surface area contributed by atoms with Gasteiger partial charge in [-0.1, -0.05) is 227 Å². The highest BCUT2D eigenvalue weighted by Gasteiger charge is 2.58. The maximum absolute atomic E-state index is 13.8. The fourth-order valence-electron chi connectivity index (χ4n) is 9.41. The Morgan fingerprint density at radius 3 is 1.12 bits per heavy atom. The molecule has 2 saturated carbocycles. The lowest BCUT2D eigenvalue weighted by atomic mass is 9.57. The summed E-state index contributed by atoms with van der Waals surface area (Å²) in [6.07, 6.45) is 43.9. The van der Waals surface area contributed by atoms with Gasteiger partial charge >= 0.3 is 11.9 Å². The number of carbonyl (C=O) groups excluding carboxylic acids is 2. The van der Waals surface area contributed by atoms with Gasteiger partial charge in [0.2, 0.25) is 0 Å². The monoisotopic (exact) mass is 731 g/mol. The molecule has 0 aliphatic heterocycles. The normalized spacial score (nSPS) is 18.5. The molecule has 0 aromatic rings. The molecule has 0 amide bonds. The second kappa shape index (κ2) is 31.2. The van der Waals surface area contributed by atoms with Gasteiger partial charge in [0.1, 0.15) is 0 Å². The molecule has 0 radical (unpaired) electrons. The molecule has 0 spiro atoms. The van der Waals surface area contributed by atoms with Crippen LogP contribution < -0.4 is 0 Å². The highest BCUT2D eigenvalue weighted by molar-refractivity contribution is 6.00. The number of hydrogen-bond acceptors (Lipinski definition) is 4. The Labute approximate surface area is 324 Å². The van der Waals surface area contributed by atoms with Gasteiger partial charge in [-0.2, -0.15) is 0 Å². The fourth-order valence-corrected chi connectivity index (χ4v) is 9.41. The number of hydrogen-bond donors (Lipinski definition) is 0. The van der Waals surface area contributed by atoms with Crippen molar-refractivity contribution >= 4 is 11.9 Å². The van der Waals surface area contributed by atoms with Crippen LogP contribution >= 0.6 is 0 Å². The highest BCUT2D eigenvalue weighted by Crippen LogP contribution is 2.52. The summed E-state index contributed by atoms with van der Waals surface area (Å²) in [6.45, 7) is 10.2. The average molecular weight is 731 g/mol. The zero-order valence-corrected chi connectivity index (χ0v) is 35.6. The van der Waals surface area contributed by atoms with Crippen molar-refractivity contribution in [1.82, 2.24) is 0 Å². The van der Waals surface area contributed by atoms with Crippen molar-refractivity contribution in [2.75, 3.05) is 13.2 Å². The molecule has 4 heteroatoms. The largest absolute Gasteiger partial charge is 0.465 e. The Kier molecular flexibility index (Phi) is 28.2. The van der Waals surface area contributed by atoms with Crippen molar-refractivity contribution in [3.63, 3.8) is 0 Å². The van der Waals surface area contributed by atoms with Crippen LogP contribution in [-0.2, 0) is 19.1 Å². The molecule has 0 aromatic heterocycles. The smallest absolute Gasteiger partial charge is 0.323 e. The molecule has 306 valence electrons. The summed E-state index contributed by atoms with van der Waals surface area (Å²) < 4.78 is 11.9. The number of rotatable bonds is 34. The Bertz CT molecular complexity index is 795. The quantitative estimate of drug-likeness (QED) is 0.0376. The van der Waals surface area contributed by atoms with Crippen molar-refractivity contribution in [3.8, 4) is 0 Å². The topological polar surface area (TPSA) is 52.6 Å². The van der Waals surface area contributed by atoms with Crippen LogP contribution in [-0.4, -0.2) is 25.2 Å². The van der Waals surface area contributed by atoms with E-state index in [1.54, 1.807) is 0 Å². The van der Waals surface area contributed by atoms with Gasteiger partial charge in [0.05, 0.1) is 13.2 Å². The first-order valence-electron chi connectivity index (χ1n) is 23.7. The summed E-state index contributed by atoms with van der Waals surface area (Å²) in [5.74, 6) is 1.75. The Morgan fingerprint density at radius 2 is 0.750 bits per heavy atom. The van der Waals surface area contributed by atoms with Crippen LogP contribution in [0.2, 0.25) is 0 Å². The molecular weight excluding hydrogens is 641 g/mol. The first-order valence-corrected chi connectivity index (χ1v) is 23.7. The second-order valence-corrected chi connectivity index (χ2v) is 18.3. The lowest BCUT2D eigenvalue weighted by Gasteiger charge is -2.46. The average Bonchev–Trinajstić information content (AvgIpc) is 3.13. The van der Waals surface area contributed by atoms with E-state index >= 15 is 0 Å². The van der Waals surface area contributed by atoms with E-state index in [4.69, 9.17) is 9.47 Å². The van der Waals surface area contributed by atoms with E-state index in [2.05, 4.69) is 27.7 Å². The van der Waals surface area contributed by atoms with Gasteiger partial charge in [0.15, 0.2) is 5.41 Å². The Hall–Kier alpha value is -1.06. The van der Waals surface area contributed by atoms with Crippen molar-refractivity contribution in [2.45, 2.75) is 252 Å². The first kappa shape index (κ1) is 47.1. The van der Waals surface area contributed by atoms with Crippen molar-refractivity contribution in [3.05, 3.63) is 0 Å². The van der Waals surface area contributed by atoms with Crippen LogP contribution in [0.25, 0.3) is 0 Å². The van der Waals surface area contributed by atoms with E-state index in [1.807, 2.05) is 0 Å². The van der Waals surface area contributed by atoms with Gasteiger partial charge in [-0.25, -0.2) is 0 Å². The molecule has 4 nitrogen and oxygen atoms in total. The maximum Gasteiger partial charge on any atom is 0.323 e. The van der Waals surface area contributed by atoms with Crippen LogP contribution in [0.1, 0.15) is 252 Å². The molecule has 0 aromatic carbocycles. The molecule has 52 heavy (non-hydrogen) atoms. The second-order valence-electron chi connectivity index (χ2n) is 18.3. The van der Waals surface area contributed by atoms with Gasteiger partial charge in [0.25, 0.3) is 0 Å². The predicted molar refractivity (Wildman–Crippen MR) is 223 cm³/mol. The SMILES string of the molecule is CC(C)CCCCCCCCCCCCCCCOC(=O)C1(C(=O)OCCCCCCCCCCCCCCCC(C)C)CCCC2CCCCC21. The summed E-state index contributed by atoms with van der Waals surface area (Å²) in [4.78, 5) is 27.7. The van der Waals surface area contributed by atoms with Gasteiger partial charge < -0.3 is 9.47 Å². The molecule has 2 aliphatic rings. The number of esters is 2. The standard InChI is InChI=1S/C48H90O4/c1-42(2)34-27-23-19-15-11-7-5-9-13-17-21-25-31-40-51-46(49)48(39-33-37-44-36-29-30-38-45(44)48)47(50)52-41-32-26-22-18-14-10-6-8-12-16-20-24-28-35-43(3)4/h42-45H,5-41H2,1-4H3. The molecule has 0 N–H and O–H groups in total. The molecule has 2 unspecified atom stereocenters. The van der Waals surface area contributed by atoms with Crippen LogP contribution in [0.5, 0.6) is 0 Å². The molecule has 0 heterocycles. The van der Waals surface area contributed by atoms with Gasteiger partial charge in [0, 0.05) is 0 Å². The highest BCUT2D eigenvalue weighted by atomic mass is 16.6. The summed E-state index contributed by atoms with van der Waals surface area (Å²) in [7, 11) is 0. The molecule has 2 aliphatic carbocycles. The third kappa shape index (κ3) is 21.1. The van der Waals surface area contributed by atoms with Crippen molar-refractivity contribution in [1.29, 1.82) is 0 Å². The number of fused-ring (bicyclic) bond motifs is 1. The zero-order chi connectivity index (χ0) is 37.5. The van der Waals surface area contributed by atoms with Gasteiger partial charge in [-0.3, -0.25) is 9.59 Å². The molecular formula is C48H90O4. The third-order valence-electron chi connectivity index (χ3n) is 12.7. The van der Waals surface area contributed by atoms with Crippen molar-refractivity contribution < 1.29 is 19.1 Å². The van der Waals surface area contributed by atoms with E-state index in [-0.39, 0.29) is 17.9 Å². The summed E-state index contributed by atoms with van der Waals surface area (Å²) in [5, 5.41) is 0. The fraction of sp³-hybridized carbons (Fsp3) is 0.958. The summed E-state index contributed by atoms with van der Waals surface area (Å²) >= 11 is 0. The van der Waals surface area contributed by atoms with Crippen LogP contribution in [0.15, 0.2) is 0 Å². The Balaban J connectivity index is 1.56. The third-order valence-corrected chi connectivity index (χ3v) is 12.7. The molecule has 2 fully saturated rings. The predicted octanol–water partition coefficient (Wildman–Crippen LogP) is 15.3. The van der Waals surface area contributed by atoms with E-state index in [1.165, 1.54) is 161 Å².